The zero-order valence-corrected chi connectivity index (χ0v) is 13.7. The van der Waals surface area contributed by atoms with E-state index in [0.29, 0.717) is 29.3 Å². The van der Waals surface area contributed by atoms with Crippen LogP contribution in [0.25, 0.3) is 0 Å². The van der Waals surface area contributed by atoms with E-state index in [-0.39, 0.29) is 12.4 Å². The number of fused-ring (bicyclic) bond motifs is 1. The Morgan fingerprint density at radius 3 is 2.77 bits per heavy atom. The highest BCUT2D eigenvalue weighted by atomic mass is 16.7. The predicted molar refractivity (Wildman–Crippen MR) is 92.9 cm³/mol. The van der Waals surface area contributed by atoms with Crippen LogP contribution in [0.3, 0.4) is 0 Å². The summed E-state index contributed by atoms with van der Waals surface area (Å²) in [5.74, 6) is 0.769. The highest BCUT2D eigenvalue weighted by Crippen LogP contribution is 2.32. The molecule has 0 unspecified atom stereocenters. The van der Waals surface area contributed by atoms with Gasteiger partial charge >= 0.3 is 0 Å². The summed E-state index contributed by atoms with van der Waals surface area (Å²) in [6.07, 6.45) is 1.34. The number of nitrogens with zero attached hydrogens (tertiary/aromatic N) is 2. The molecule has 128 valence electrons. The predicted octanol–water partition coefficient (Wildman–Crippen LogP) is 2.42. The lowest BCUT2D eigenvalue weighted by Crippen LogP contribution is -2.17. The fourth-order valence-corrected chi connectivity index (χ4v) is 2.35. The van der Waals surface area contributed by atoms with E-state index in [4.69, 9.17) is 14.7 Å². The molecule has 0 atom stereocenters. The minimum absolute atomic E-state index is 0.0986. The Bertz CT molecular complexity index is 954. The first kappa shape index (κ1) is 16.9. The van der Waals surface area contributed by atoms with E-state index in [1.807, 2.05) is 24.3 Å². The van der Waals surface area contributed by atoms with Crippen molar-refractivity contribution in [1.29, 1.82) is 10.5 Å². The molecule has 0 saturated heterocycles. The standard InChI is InChI=1S/C19H14N4O3/c20-8-14-3-1-2-4-16(14)23-19(24)15(9-21)11-22-10-13-5-6-17-18(7-13)26-12-25-17/h1-7,11,22H,10,12H2,(H,23,24)/b15-11-. The minimum Gasteiger partial charge on any atom is -0.454 e. The smallest absolute Gasteiger partial charge is 0.267 e. The third-order valence-electron chi connectivity index (χ3n) is 3.65. The summed E-state index contributed by atoms with van der Waals surface area (Å²) in [7, 11) is 0. The van der Waals surface area contributed by atoms with Crippen molar-refractivity contribution < 1.29 is 14.3 Å². The maximum Gasteiger partial charge on any atom is 0.267 e. The summed E-state index contributed by atoms with van der Waals surface area (Å²) in [6.45, 7) is 0.610. The maximum atomic E-state index is 12.2. The number of amides is 1. The molecule has 3 rings (SSSR count). The van der Waals surface area contributed by atoms with Crippen molar-refractivity contribution in [2.45, 2.75) is 6.54 Å². The fourth-order valence-electron chi connectivity index (χ4n) is 2.35. The van der Waals surface area contributed by atoms with Gasteiger partial charge in [0.2, 0.25) is 6.79 Å². The SMILES string of the molecule is N#C/C(=C/NCc1ccc2c(c1)OCO2)C(=O)Nc1ccccc1C#N. The molecule has 0 aromatic heterocycles. The lowest BCUT2D eigenvalue weighted by molar-refractivity contribution is -0.112. The summed E-state index contributed by atoms with van der Waals surface area (Å²) in [5.41, 5.74) is 1.50. The Kier molecular flexibility index (Phi) is 5.02. The average molecular weight is 346 g/mol. The van der Waals surface area contributed by atoms with E-state index in [1.54, 1.807) is 30.3 Å². The second-order valence-corrected chi connectivity index (χ2v) is 5.35. The van der Waals surface area contributed by atoms with Crippen molar-refractivity contribution in [1.82, 2.24) is 5.32 Å². The van der Waals surface area contributed by atoms with Crippen molar-refractivity contribution in [3.05, 3.63) is 65.4 Å². The van der Waals surface area contributed by atoms with Gasteiger partial charge in [0.1, 0.15) is 17.7 Å². The van der Waals surface area contributed by atoms with E-state index >= 15 is 0 Å². The molecule has 0 fully saturated rings. The minimum atomic E-state index is -0.589. The molecule has 7 heteroatoms. The van der Waals surface area contributed by atoms with Crippen molar-refractivity contribution in [3.8, 4) is 23.6 Å². The summed E-state index contributed by atoms with van der Waals surface area (Å²) < 4.78 is 10.6. The van der Waals surface area contributed by atoms with Crippen LogP contribution in [-0.4, -0.2) is 12.7 Å². The summed E-state index contributed by atoms with van der Waals surface area (Å²) in [4.78, 5) is 12.2. The zero-order chi connectivity index (χ0) is 18.4. The first-order valence-corrected chi connectivity index (χ1v) is 7.74. The summed E-state index contributed by atoms with van der Waals surface area (Å²) in [6, 6.07) is 15.9. The second-order valence-electron chi connectivity index (χ2n) is 5.35. The van der Waals surface area contributed by atoms with Crippen LogP contribution in [-0.2, 0) is 11.3 Å². The molecule has 0 radical (unpaired) electrons. The largest absolute Gasteiger partial charge is 0.454 e. The number of carbonyl (C=O) groups excluding carboxylic acids is 1. The summed E-state index contributed by atoms with van der Waals surface area (Å²) >= 11 is 0. The Morgan fingerprint density at radius 2 is 1.96 bits per heavy atom. The van der Waals surface area contributed by atoms with Crippen LogP contribution in [0.15, 0.2) is 54.2 Å². The van der Waals surface area contributed by atoms with Gasteiger partial charge in [0.25, 0.3) is 5.91 Å². The van der Waals surface area contributed by atoms with Gasteiger partial charge in [0.15, 0.2) is 11.5 Å². The van der Waals surface area contributed by atoms with Gasteiger partial charge in [0, 0.05) is 12.7 Å². The van der Waals surface area contributed by atoms with Gasteiger partial charge in [0.05, 0.1) is 11.3 Å². The van der Waals surface area contributed by atoms with E-state index in [2.05, 4.69) is 10.6 Å². The maximum absolute atomic E-state index is 12.2. The molecule has 0 spiro atoms. The molecule has 7 nitrogen and oxygen atoms in total. The number of nitriles is 2. The Balaban J connectivity index is 1.64. The van der Waals surface area contributed by atoms with Crippen LogP contribution < -0.4 is 20.1 Å². The van der Waals surface area contributed by atoms with Crippen LogP contribution >= 0.6 is 0 Å². The first-order chi connectivity index (χ1) is 12.7. The topological polar surface area (TPSA) is 107 Å². The number of benzene rings is 2. The molecule has 2 aromatic carbocycles. The quantitative estimate of drug-likeness (QED) is 0.636. The van der Waals surface area contributed by atoms with Crippen molar-refractivity contribution in [2.75, 3.05) is 12.1 Å². The van der Waals surface area contributed by atoms with Gasteiger partial charge in [-0.2, -0.15) is 10.5 Å². The van der Waals surface area contributed by atoms with E-state index in [1.165, 1.54) is 6.20 Å². The summed E-state index contributed by atoms with van der Waals surface area (Å²) in [5, 5.41) is 23.8. The molecular formula is C19H14N4O3. The Hall–Kier alpha value is -3.97. The number of anilines is 1. The van der Waals surface area contributed by atoms with Crippen molar-refractivity contribution in [3.63, 3.8) is 0 Å². The molecule has 1 aliphatic heterocycles. The van der Waals surface area contributed by atoms with Crippen LogP contribution in [0.5, 0.6) is 11.5 Å². The number of para-hydroxylation sites is 1. The van der Waals surface area contributed by atoms with E-state index < -0.39 is 5.91 Å². The number of nitrogens with one attached hydrogen (secondary N) is 2. The molecule has 0 saturated carbocycles. The molecule has 1 amide bonds. The first-order valence-electron chi connectivity index (χ1n) is 7.74. The number of hydrogen-bond acceptors (Lipinski definition) is 6. The number of ether oxygens (including phenoxy) is 2. The molecule has 2 N–H and O–H groups in total. The normalized spacial score (nSPS) is 12.0. The van der Waals surface area contributed by atoms with Gasteiger partial charge in [-0.3, -0.25) is 4.79 Å². The molecule has 26 heavy (non-hydrogen) atoms. The third kappa shape index (κ3) is 3.74. The van der Waals surface area contributed by atoms with Gasteiger partial charge in [-0.1, -0.05) is 18.2 Å². The molecule has 2 aromatic rings. The third-order valence-corrected chi connectivity index (χ3v) is 3.65. The average Bonchev–Trinajstić information content (AvgIpc) is 3.13. The van der Waals surface area contributed by atoms with E-state index in [0.717, 1.165) is 5.56 Å². The molecule has 0 aliphatic carbocycles. The van der Waals surface area contributed by atoms with E-state index in [9.17, 15) is 10.1 Å². The van der Waals surface area contributed by atoms with Crippen LogP contribution in [0.1, 0.15) is 11.1 Å². The number of hydrogen-bond donors (Lipinski definition) is 2. The van der Waals surface area contributed by atoms with Crippen LogP contribution in [0.4, 0.5) is 5.69 Å². The second kappa shape index (κ2) is 7.73. The molecule has 1 aliphatic rings. The van der Waals surface area contributed by atoms with Crippen molar-refractivity contribution >= 4 is 11.6 Å². The zero-order valence-electron chi connectivity index (χ0n) is 13.7. The van der Waals surface area contributed by atoms with Crippen LogP contribution in [0.2, 0.25) is 0 Å². The van der Waals surface area contributed by atoms with Crippen molar-refractivity contribution in [2.24, 2.45) is 0 Å². The lowest BCUT2D eigenvalue weighted by atomic mass is 10.2. The van der Waals surface area contributed by atoms with Gasteiger partial charge in [-0.05, 0) is 29.8 Å². The van der Waals surface area contributed by atoms with Gasteiger partial charge < -0.3 is 20.1 Å². The molecule has 1 heterocycles. The molecule has 0 bridgehead atoms. The highest BCUT2D eigenvalue weighted by Gasteiger charge is 2.13. The Labute approximate surface area is 150 Å². The number of rotatable bonds is 5. The van der Waals surface area contributed by atoms with Gasteiger partial charge in [-0.15, -0.1) is 0 Å². The fraction of sp³-hybridized carbons (Fsp3) is 0.105. The highest BCUT2D eigenvalue weighted by molar-refractivity contribution is 6.07. The Morgan fingerprint density at radius 1 is 1.15 bits per heavy atom. The van der Waals surface area contributed by atoms with Gasteiger partial charge in [-0.25, -0.2) is 0 Å². The monoisotopic (exact) mass is 346 g/mol. The molecular weight excluding hydrogens is 332 g/mol. The van der Waals surface area contributed by atoms with Crippen LogP contribution in [0, 0.1) is 22.7 Å². The lowest BCUT2D eigenvalue weighted by Gasteiger charge is -2.07. The number of carbonyl (C=O) groups is 1.